The first-order chi connectivity index (χ1) is 10.8. The van der Waals surface area contributed by atoms with E-state index in [0.717, 1.165) is 24.5 Å². The maximum Gasteiger partial charge on any atom is 0.241 e. The van der Waals surface area contributed by atoms with Gasteiger partial charge in [-0.3, -0.25) is 14.5 Å². The molecule has 2 rings (SSSR count). The van der Waals surface area contributed by atoms with Gasteiger partial charge in [-0.1, -0.05) is 13.8 Å². The largest absolute Gasteiger partial charge is 0.326 e. The summed E-state index contributed by atoms with van der Waals surface area (Å²) < 4.78 is 0. The minimum Gasteiger partial charge on any atom is -0.326 e. The molecule has 1 aromatic rings. The van der Waals surface area contributed by atoms with E-state index >= 15 is 0 Å². The van der Waals surface area contributed by atoms with Crippen molar-refractivity contribution in [1.82, 2.24) is 4.90 Å². The third-order valence-corrected chi connectivity index (χ3v) is 4.30. The summed E-state index contributed by atoms with van der Waals surface area (Å²) in [4.78, 5) is 25.7. The summed E-state index contributed by atoms with van der Waals surface area (Å²) in [5, 5.41) is 5.67. The van der Waals surface area contributed by atoms with Gasteiger partial charge in [0.1, 0.15) is 0 Å². The van der Waals surface area contributed by atoms with Gasteiger partial charge in [0.05, 0.1) is 6.04 Å². The first kappa shape index (κ1) is 17.5. The normalized spacial score (nSPS) is 23.1. The molecule has 0 saturated carbocycles. The molecule has 2 N–H and O–H groups in total. The number of carbonyl (C=O) groups excluding carboxylic acids is 2. The zero-order valence-corrected chi connectivity index (χ0v) is 14.4. The van der Waals surface area contributed by atoms with Gasteiger partial charge >= 0.3 is 0 Å². The first-order valence-electron chi connectivity index (χ1n) is 8.27. The van der Waals surface area contributed by atoms with Gasteiger partial charge in [0, 0.05) is 31.4 Å². The zero-order chi connectivity index (χ0) is 17.0. The van der Waals surface area contributed by atoms with Gasteiger partial charge in [0.25, 0.3) is 0 Å². The molecule has 1 aliphatic heterocycles. The number of piperidine rings is 1. The van der Waals surface area contributed by atoms with Crippen molar-refractivity contribution in [3.05, 3.63) is 24.3 Å². The first-order valence-corrected chi connectivity index (χ1v) is 8.27. The fourth-order valence-corrected chi connectivity index (χ4v) is 3.28. The smallest absolute Gasteiger partial charge is 0.241 e. The second-order valence-corrected chi connectivity index (χ2v) is 6.82. The summed E-state index contributed by atoms with van der Waals surface area (Å²) in [6.45, 7) is 9.87. The summed E-state index contributed by atoms with van der Waals surface area (Å²) in [5.74, 6) is 1.17. The number of nitrogens with zero attached hydrogens (tertiary/aromatic N) is 1. The Hall–Kier alpha value is -1.88. The highest BCUT2D eigenvalue weighted by Gasteiger charge is 2.28. The molecule has 0 aromatic heterocycles. The Balaban J connectivity index is 1.94. The molecular formula is C18H27N3O2. The van der Waals surface area contributed by atoms with E-state index in [1.165, 1.54) is 13.3 Å². The zero-order valence-electron chi connectivity index (χ0n) is 14.4. The van der Waals surface area contributed by atoms with Crippen LogP contribution in [0.3, 0.4) is 0 Å². The molecule has 0 spiro atoms. The summed E-state index contributed by atoms with van der Waals surface area (Å²) in [7, 11) is 0. The Morgan fingerprint density at radius 1 is 1.04 bits per heavy atom. The monoisotopic (exact) mass is 317 g/mol. The Bertz CT molecular complexity index is 546. The summed E-state index contributed by atoms with van der Waals surface area (Å²) in [5.41, 5.74) is 1.47. The number of likely N-dealkylation sites (tertiary alicyclic amines) is 1. The maximum absolute atomic E-state index is 12.5. The lowest BCUT2D eigenvalue weighted by molar-refractivity contribution is -0.121. The van der Waals surface area contributed by atoms with Crippen molar-refractivity contribution in [3.8, 4) is 0 Å². The number of rotatable bonds is 4. The van der Waals surface area contributed by atoms with E-state index in [0.29, 0.717) is 11.8 Å². The lowest BCUT2D eigenvalue weighted by Gasteiger charge is -2.38. The van der Waals surface area contributed by atoms with Gasteiger partial charge in [-0.05, 0) is 49.4 Å². The molecule has 1 saturated heterocycles. The van der Waals surface area contributed by atoms with Crippen LogP contribution in [-0.2, 0) is 9.59 Å². The van der Waals surface area contributed by atoms with Crippen molar-refractivity contribution < 1.29 is 9.59 Å². The molecule has 1 heterocycles. The van der Waals surface area contributed by atoms with E-state index in [1.807, 2.05) is 6.92 Å². The molecule has 1 fully saturated rings. The van der Waals surface area contributed by atoms with Crippen molar-refractivity contribution in [1.29, 1.82) is 0 Å². The van der Waals surface area contributed by atoms with Crippen LogP contribution < -0.4 is 10.6 Å². The van der Waals surface area contributed by atoms with Crippen molar-refractivity contribution in [2.24, 2.45) is 11.8 Å². The van der Waals surface area contributed by atoms with Crippen LogP contribution in [0.1, 0.15) is 34.1 Å². The van der Waals surface area contributed by atoms with Gasteiger partial charge < -0.3 is 10.6 Å². The molecule has 126 valence electrons. The highest BCUT2D eigenvalue weighted by molar-refractivity contribution is 5.95. The number of benzene rings is 1. The minimum absolute atomic E-state index is 0.0126. The average molecular weight is 317 g/mol. The minimum atomic E-state index is -0.143. The second kappa shape index (κ2) is 7.59. The van der Waals surface area contributed by atoms with Gasteiger partial charge in [-0.15, -0.1) is 0 Å². The average Bonchev–Trinajstić information content (AvgIpc) is 2.47. The van der Waals surface area contributed by atoms with Crippen LogP contribution >= 0.6 is 0 Å². The Morgan fingerprint density at radius 2 is 1.52 bits per heavy atom. The molecule has 2 amide bonds. The predicted molar refractivity (Wildman–Crippen MR) is 93.4 cm³/mol. The maximum atomic E-state index is 12.5. The molecule has 23 heavy (non-hydrogen) atoms. The highest BCUT2D eigenvalue weighted by Crippen LogP contribution is 2.23. The van der Waals surface area contributed by atoms with Crippen LogP contribution in [0.4, 0.5) is 11.4 Å². The van der Waals surface area contributed by atoms with E-state index in [1.54, 1.807) is 24.3 Å². The molecule has 3 atom stereocenters. The van der Waals surface area contributed by atoms with Crippen LogP contribution in [0.2, 0.25) is 0 Å². The number of anilines is 2. The lowest BCUT2D eigenvalue weighted by Crippen LogP contribution is -2.48. The summed E-state index contributed by atoms with van der Waals surface area (Å²) >= 11 is 0. The molecule has 5 nitrogen and oxygen atoms in total. The van der Waals surface area contributed by atoms with E-state index < -0.39 is 0 Å². The number of carbonyl (C=O) groups is 2. The van der Waals surface area contributed by atoms with Crippen LogP contribution in [0.15, 0.2) is 24.3 Å². The van der Waals surface area contributed by atoms with Crippen LogP contribution in [0, 0.1) is 11.8 Å². The molecule has 0 bridgehead atoms. The Labute approximate surface area is 138 Å². The molecule has 0 unspecified atom stereocenters. The van der Waals surface area contributed by atoms with Crippen molar-refractivity contribution >= 4 is 23.2 Å². The van der Waals surface area contributed by atoms with Gasteiger partial charge in [-0.2, -0.15) is 0 Å². The number of hydrogen-bond donors (Lipinski definition) is 2. The summed E-state index contributed by atoms with van der Waals surface area (Å²) in [6, 6.07) is 7.03. The molecule has 1 aromatic carbocycles. The standard InChI is InChI=1S/C18H27N3O2/c1-12-9-13(2)11-21(10-12)14(3)18(23)20-17-7-5-16(6-8-17)19-15(4)22/h5-8,12-14H,9-11H2,1-4H3,(H,19,22)(H,20,23)/t12-,13+,14-/m0/s1. The van der Waals surface area contributed by atoms with E-state index in [2.05, 4.69) is 29.4 Å². The highest BCUT2D eigenvalue weighted by atomic mass is 16.2. The van der Waals surface area contributed by atoms with E-state index in [9.17, 15) is 9.59 Å². The van der Waals surface area contributed by atoms with E-state index in [4.69, 9.17) is 0 Å². The Kier molecular flexibility index (Phi) is 5.77. The number of amides is 2. The molecule has 0 aliphatic carbocycles. The summed E-state index contributed by atoms with van der Waals surface area (Å²) in [6.07, 6.45) is 1.23. The molecule has 0 radical (unpaired) electrons. The van der Waals surface area contributed by atoms with E-state index in [-0.39, 0.29) is 17.9 Å². The van der Waals surface area contributed by atoms with Crippen molar-refractivity contribution in [2.45, 2.75) is 40.2 Å². The Morgan fingerprint density at radius 3 is 2.00 bits per heavy atom. The molecular weight excluding hydrogens is 290 g/mol. The number of nitrogens with one attached hydrogen (secondary N) is 2. The predicted octanol–water partition coefficient (Wildman–Crippen LogP) is 2.95. The topological polar surface area (TPSA) is 61.4 Å². The third kappa shape index (κ3) is 5.06. The van der Waals surface area contributed by atoms with Crippen LogP contribution in [0.5, 0.6) is 0 Å². The van der Waals surface area contributed by atoms with Gasteiger partial charge in [-0.25, -0.2) is 0 Å². The molecule has 5 heteroatoms. The SMILES string of the molecule is CC(=O)Nc1ccc(NC(=O)[C@H](C)N2C[C@H](C)C[C@H](C)C2)cc1. The van der Waals surface area contributed by atoms with Gasteiger partial charge in [0.2, 0.25) is 11.8 Å². The fraction of sp³-hybridized carbons (Fsp3) is 0.556. The fourth-order valence-electron chi connectivity index (χ4n) is 3.28. The third-order valence-electron chi connectivity index (χ3n) is 4.30. The van der Waals surface area contributed by atoms with Gasteiger partial charge in [0.15, 0.2) is 0 Å². The quantitative estimate of drug-likeness (QED) is 0.897. The second-order valence-electron chi connectivity index (χ2n) is 6.82. The molecule has 1 aliphatic rings. The van der Waals surface area contributed by atoms with Crippen molar-refractivity contribution in [3.63, 3.8) is 0 Å². The number of hydrogen-bond acceptors (Lipinski definition) is 3. The van der Waals surface area contributed by atoms with Crippen LogP contribution in [0.25, 0.3) is 0 Å². The lowest BCUT2D eigenvalue weighted by atomic mass is 9.91. The van der Waals surface area contributed by atoms with Crippen LogP contribution in [-0.4, -0.2) is 35.8 Å². The van der Waals surface area contributed by atoms with Crippen molar-refractivity contribution in [2.75, 3.05) is 23.7 Å².